The smallest absolute Gasteiger partial charge is 0.227 e. The molecule has 1 N–H and O–H groups in total. The van der Waals surface area contributed by atoms with Gasteiger partial charge in [0, 0.05) is 35.8 Å². The molecule has 0 unspecified atom stereocenters. The summed E-state index contributed by atoms with van der Waals surface area (Å²) < 4.78 is 7.28. The number of nitrogens with zero attached hydrogens (tertiary/aromatic N) is 4. The van der Waals surface area contributed by atoms with Crippen molar-refractivity contribution in [1.82, 2.24) is 19.5 Å². The summed E-state index contributed by atoms with van der Waals surface area (Å²) in [7, 11) is 1.66. The zero-order valence-electron chi connectivity index (χ0n) is 15.2. The van der Waals surface area contributed by atoms with Gasteiger partial charge in [0.05, 0.1) is 5.69 Å². The number of methoxy groups -OCH3 is 1. The van der Waals surface area contributed by atoms with Crippen LogP contribution >= 0.6 is 11.6 Å². The third-order valence-electron chi connectivity index (χ3n) is 4.10. The van der Waals surface area contributed by atoms with E-state index in [4.69, 9.17) is 21.3 Å². The first kappa shape index (κ1) is 18.2. The summed E-state index contributed by atoms with van der Waals surface area (Å²) in [5.41, 5.74) is 3.34. The second-order valence-corrected chi connectivity index (χ2v) is 6.54. The van der Waals surface area contributed by atoms with Crippen LogP contribution in [0.25, 0.3) is 22.8 Å². The number of benzene rings is 2. The van der Waals surface area contributed by atoms with Crippen LogP contribution in [0.4, 0.5) is 11.6 Å². The fraction of sp³-hybridized carbons (Fsp3) is 0.0952. The summed E-state index contributed by atoms with van der Waals surface area (Å²) in [5, 5.41) is 3.86. The zero-order valence-corrected chi connectivity index (χ0v) is 16.0. The number of nitrogens with one attached hydrogen (secondary N) is 1. The van der Waals surface area contributed by atoms with Crippen LogP contribution in [-0.2, 0) is 11.5 Å². The Balaban J connectivity index is 1.66. The molecular formula is C21H18ClN5O. The van der Waals surface area contributed by atoms with E-state index in [0.717, 1.165) is 28.5 Å². The van der Waals surface area contributed by atoms with Crippen molar-refractivity contribution in [3.8, 4) is 22.8 Å². The predicted octanol–water partition coefficient (Wildman–Crippen LogP) is 5.01. The van der Waals surface area contributed by atoms with Crippen LogP contribution in [0.3, 0.4) is 0 Å². The third kappa shape index (κ3) is 4.03. The van der Waals surface area contributed by atoms with Crippen LogP contribution in [0.2, 0.25) is 5.02 Å². The third-order valence-corrected chi connectivity index (χ3v) is 4.35. The standard InChI is InChI=1S/C21H18ClN5O/c1-28-14-27-13-19(25-20(27)15-5-3-2-4-6-15)18-11-12-23-21(26-18)24-17-9-7-16(22)8-10-17/h2-13H,14H2,1H3,(H,23,24,26). The summed E-state index contributed by atoms with van der Waals surface area (Å²) in [4.78, 5) is 13.7. The van der Waals surface area contributed by atoms with Crippen LogP contribution in [-0.4, -0.2) is 26.6 Å². The molecule has 2 heterocycles. The number of hydrogen-bond donors (Lipinski definition) is 1. The van der Waals surface area contributed by atoms with Crippen molar-refractivity contribution in [2.24, 2.45) is 0 Å². The Labute approximate surface area is 167 Å². The summed E-state index contributed by atoms with van der Waals surface area (Å²) >= 11 is 5.93. The average molecular weight is 392 g/mol. The Morgan fingerprint density at radius 3 is 2.50 bits per heavy atom. The minimum atomic E-state index is 0.401. The topological polar surface area (TPSA) is 64.9 Å². The number of rotatable bonds is 6. The van der Waals surface area contributed by atoms with Gasteiger partial charge in [-0.3, -0.25) is 0 Å². The van der Waals surface area contributed by atoms with Crippen LogP contribution < -0.4 is 5.32 Å². The molecule has 0 fully saturated rings. The number of ether oxygens (including phenoxy) is 1. The highest BCUT2D eigenvalue weighted by molar-refractivity contribution is 6.30. The highest BCUT2D eigenvalue weighted by Crippen LogP contribution is 2.25. The summed E-state index contributed by atoms with van der Waals surface area (Å²) in [6.45, 7) is 0.401. The maximum absolute atomic E-state index is 5.93. The first-order chi connectivity index (χ1) is 13.7. The summed E-state index contributed by atoms with van der Waals surface area (Å²) in [6, 6.07) is 19.2. The van der Waals surface area contributed by atoms with Gasteiger partial charge in [-0.25, -0.2) is 15.0 Å². The monoisotopic (exact) mass is 391 g/mol. The van der Waals surface area contributed by atoms with E-state index < -0.39 is 0 Å². The first-order valence-electron chi connectivity index (χ1n) is 8.70. The number of aromatic nitrogens is 4. The van der Waals surface area contributed by atoms with Crippen molar-refractivity contribution in [3.05, 3.63) is 78.1 Å². The van der Waals surface area contributed by atoms with Gasteiger partial charge in [0.25, 0.3) is 0 Å². The van der Waals surface area contributed by atoms with Crippen LogP contribution in [0, 0.1) is 0 Å². The van der Waals surface area contributed by atoms with Crippen LogP contribution in [0.1, 0.15) is 0 Å². The molecule has 0 amide bonds. The lowest BCUT2D eigenvalue weighted by atomic mass is 10.2. The van der Waals surface area contributed by atoms with Crippen molar-refractivity contribution < 1.29 is 4.74 Å². The fourth-order valence-electron chi connectivity index (χ4n) is 2.82. The molecule has 6 nitrogen and oxygen atoms in total. The van der Waals surface area contributed by atoms with E-state index in [-0.39, 0.29) is 0 Å². The maximum atomic E-state index is 5.93. The molecule has 0 saturated carbocycles. The van der Waals surface area contributed by atoms with E-state index in [9.17, 15) is 0 Å². The van der Waals surface area contributed by atoms with Crippen molar-refractivity contribution in [2.45, 2.75) is 6.73 Å². The van der Waals surface area contributed by atoms with Crippen molar-refractivity contribution in [3.63, 3.8) is 0 Å². The number of imidazole rings is 1. The van der Waals surface area contributed by atoms with Crippen molar-refractivity contribution in [1.29, 1.82) is 0 Å². The van der Waals surface area contributed by atoms with Crippen molar-refractivity contribution in [2.75, 3.05) is 12.4 Å². The molecule has 0 aliphatic carbocycles. The fourth-order valence-corrected chi connectivity index (χ4v) is 2.94. The van der Waals surface area contributed by atoms with E-state index in [0.29, 0.717) is 17.7 Å². The second kappa shape index (κ2) is 8.21. The minimum absolute atomic E-state index is 0.401. The van der Waals surface area contributed by atoms with Gasteiger partial charge in [0.1, 0.15) is 18.2 Å². The highest BCUT2D eigenvalue weighted by atomic mass is 35.5. The molecule has 2 aromatic heterocycles. The lowest BCUT2D eigenvalue weighted by molar-refractivity contribution is 0.132. The highest BCUT2D eigenvalue weighted by Gasteiger charge is 2.13. The normalized spacial score (nSPS) is 10.8. The van der Waals surface area contributed by atoms with Gasteiger partial charge in [-0.2, -0.15) is 0 Å². The summed E-state index contributed by atoms with van der Waals surface area (Å²) in [6.07, 6.45) is 3.64. The molecule has 140 valence electrons. The lowest BCUT2D eigenvalue weighted by Crippen LogP contribution is -2.00. The molecule has 0 aliphatic rings. The van der Waals surface area contributed by atoms with Gasteiger partial charge in [-0.05, 0) is 30.3 Å². The molecule has 7 heteroatoms. The van der Waals surface area contributed by atoms with E-state index in [1.54, 1.807) is 13.3 Å². The Morgan fingerprint density at radius 1 is 0.964 bits per heavy atom. The zero-order chi connectivity index (χ0) is 19.3. The molecule has 0 radical (unpaired) electrons. The van der Waals surface area contributed by atoms with E-state index in [2.05, 4.69) is 15.3 Å². The first-order valence-corrected chi connectivity index (χ1v) is 9.08. The second-order valence-electron chi connectivity index (χ2n) is 6.10. The van der Waals surface area contributed by atoms with Gasteiger partial charge in [0.15, 0.2) is 0 Å². The molecule has 0 spiro atoms. The Kier molecular flexibility index (Phi) is 5.32. The van der Waals surface area contributed by atoms with E-state index in [1.165, 1.54) is 0 Å². The van der Waals surface area contributed by atoms with Gasteiger partial charge >= 0.3 is 0 Å². The Morgan fingerprint density at radius 2 is 1.75 bits per heavy atom. The molecule has 0 saturated heterocycles. The minimum Gasteiger partial charge on any atom is -0.364 e. The van der Waals surface area contributed by atoms with Crippen LogP contribution in [0.15, 0.2) is 73.1 Å². The lowest BCUT2D eigenvalue weighted by Gasteiger charge is -2.05. The SMILES string of the molecule is COCn1cc(-c2ccnc(Nc3ccc(Cl)cc3)n2)nc1-c1ccccc1. The molecule has 28 heavy (non-hydrogen) atoms. The number of halogens is 1. The predicted molar refractivity (Wildman–Crippen MR) is 110 cm³/mol. The van der Waals surface area contributed by atoms with E-state index in [1.807, 2.05) is 71.4 Å². The van der Waals surface area contributed by atoms with E-state index >= 15 is 0 Å². The maximum Gasteiger partial charge on any atom is 0.227 e. The Hall–Kier alpha value is -3.22. The molecular weight excluding hydrogens is 374 g/mol. The quantitative estimate of drug-likeness (QED) is 0.500. The van der Waals surface area contributed by atoms with Gasteiger partial charge in [-0.1, -0.05) is 41.9 Å². The van der Waals surface area contributed by atoms with Gasteiger partial charge < -0.3 is 14.6 Å². The average Bonchev–Trinajstić information content (AvgIpc) is 3.15. The molecule has 0 aliphatic heterocycles. The van der Waals surface area contributed by atoms with Crippen LogP contribution in [0.5, 0.6) is 0 Å². The molecule has 2 aromatic carbocycles. The van der Waals surface area contributed by atoms with Gasteiger partial charge in [0.2, 0.25) is 5.95 Å². The molecule has 0 atom stereocenters. The molecule has 4 rings (SSSR count). The Bertz CT molecular complexity index is 1060. The van der Waals surface area contributed by atoms with Crippen molar-refractivity contribution >= 4 is 23.2 Å². The number of anilines is 2. The molecule has 4 aromatic rings. The van der Waals surface area contributed by atoms with Gasteiger partial charge in [-0.15, -0.1) is 0 Å². The number of hydrogen-bond acceptors (Lipinski definition) is 5. The molecule has 0 bridgehead atoms. The largest absolute Gasteiger partial charge is 0.364 e. The summed E-state index contributed by atoms with van der Waals surface area (Å²) in [5.74, 6) is 1.31.